The van der Waals surface area contributed by atoms with E-state index in [1.54, 1.807) is 21.8 Å². The minimum absolute atomic E-state index is 0.0298. The number of hydrogen-bond acceptors (Lipinski definition) is 5. The molecule has 0 N–H and O–H groups in total. The number of aryl methyl sites for hydroxylation is 1. The van der Waals surface area contributed by atoms with Gasteiger partial charge in [-0.2, -0.15) is 10.2 Å². The summed E-state index contributed by atoms with van der Waals surface area (Å²) in [7, 11) is 3.26. The Labute approximate surface area is 144 Å². The molecule has 3 aromatic heterocycles. The predicted molar refractivity (Wildman–Crippen MR) is 88.3 cm³/mol. The Morgan fingerprint density at radius 3 is 2.80 bits per heavy atom. The third-order valence-corrected chi connectivity index (χ3v) is 4.28. The zero-order chi connectivity index (χ0) is 17.4. The maximum atomic E-state index is 14.1. The summed E-state index contributed by atoms with van der Waals surface area (Å²) in [6.07, 6.45) is 6.73. The number of halogens is 1. The van der Waals surface area contributed by atoms with Gasteiger partial charge in [-0.25, -0.2) is 14.1 Å². The number of rotatable bonds is 3. The molecule has 0 fully saturated rings. The molecule has 25 heavy (non-hydrogen) atoms. The van der Waals surface area contributed by atoms with E-state index in [1.165, 1.54) is 13.2 Å². The molecule has 0 amide bonds. The van der Waals surface area contributed by atoms with Gasteiger partial charge in [0.2, 0.25) is 5.88 Å². The van der Waals surface area contributed by atoms with Crippen LogP contribution in [0.2, 0.25) is 0 Å². The fourth-order valence-corrected chi connectivity index (χ4v) is 3.12. The molecule has 1 aliphatic heterocycles. The van der Waals surface area contributed by atoms with E-state index in [-0.39, 0.29) is 5.88 Å². The van der Waals surface area contributed by atoms with Crippen LogP contribution >= 0.6 is 0 Å². The Morgan fingerprint density at radius 2 is 2.08 bits per heavy atom. The summed E-state index contributed by atoms with van der Waals surface area (Å²) in [5.41, 5.74) is 4.47. The van der Waals surface area contributed by atoms with Crippen LogP contribution < -0.4 is 4.74 Å². The first-order valence-electron chi connectivity index (χ1n) is 8.05. The second kappa shape index (κ2) is 6.29. The summed E-state index contributed by atoms with van der Waals surface area (Å²) in [4.78, 5) is 4.03. The molecular formula is C17H18FN5O2. The molecule has 3 aromatic rings. The lowest BCUT2D eigenvalue weighted by molar-refractivity contribution is 0.145. The standard InChI is InChI=1S/C17H18FN5O2/c1-22-10-11(8-20-22)16-13-3-5-25-6-4-15(13)23(21-16)12-7-14(18)17(24-2)19-9-12/h7-10H,3-6H2,1-2H3. The Morgan fingerprint density at radius 1 is 1.24 bits per heavy atom. The minimum Gasteiger partial charge on any atom is -0.479 e. The molecular weight excluding hydrogens is 325 g/mol. The molecule has 130 valence electrons. The normalized spacial score (nSPS) is 14.2. The van der Waals surface area contributed by atoms with E-state index in [1.807, 2.05) is 13.2 Å². The minimum atomic E-state index is -0.517. The van der Waals surface area contributed by atoms with Gasteiger partial charge in [-0.1, -0.05) is 0 Å². The summed E-state index contributed by atoms with van der Waals surface area (Å²) in [6.45, 7) is 1.25. The van der Waals surface area contributed by atoms with Crippen molar-refractivity contribution in [3.63, 3.8) is 0 Å². The van der Waals surface area contributed by atoms with Gasteiger partial charge in [-0.05, 0) is 6.42 Å². The Hall–Kier alpha value is -2.74. The molecule has 4 rings (SSSR count). The Kier molecular flexibility index (Phi) is 3.96. The highest BCUT2D eigenvalue weighted by Crippen LogP contribution is 2.30. The second-order valence-corrected chi connectivity index (χ2v) is 5.89. The van der Waals surface area contributed by atoms with Crippen LogP contribution in [0.1, 0.15) is 11.3 Å². The van der Waals surface area contributed by atoms with Gasteiger partial charge in [-0.15, -0.1) is 0 Å². The first-order chi connectivity index (χ1) is 12.2. The molecule has 7 nitrogen and oxygen atoms in total. The van der Waals surface area contributed by atoms with Crippen molar-refractivity contribution in [3.8, 4) is 22.8 Å². The van der Waals surface area contributed by atoms with Gasteiger partial charge in [-0.3, -0.25) is 4.68 Å². The maximum absolute atomic E-state index is 14.1. The molecule has 8 heteroatoms. The molecule has 0 saturated heterocycles. The molecule has 0 saturated carbocycles. The SMILES string of the molecule is COc1ncc(-n2nc(-c3cnn(C)c3)c3c2CCOCC3)cc1F. The van der Waals surface area contributed by atoms with Crippen molar-refractivity contribution in [2.75, 3.05) is 20.3 Å². The average molecular weight is 343 g/mol. The predicted octanol–water partition coefficient (Wildman–Crippen LogP) is 1.93. The third-order valence-electron chi connectivity index (χ3n) is 4.28. The summed E-state index contributed by atoms with van der Waals surface area (Å²) in [5.74, 6) is -0.546. The number of pyridine rings is 1. The van der Waals surface area contributed by atoms with E-state index < -0.39 is 5.82 Å². The third kappa shape index (κ3) is 2.78. The fourth-order valence-electron chi connectivity index (χ4n) is 3.12. The smallest absolute Gasteiger partial charge is 0.250 e. The van der Waals surface area contributed by atoms with E-state index in [9.17, 15) is 4.39 Å². The summed E-state index contributed by atoms with van der Waals surface area (Å²) in [5, 5.41) is 8.98. The van der Waals surface area contributed by atoms with Crippen molar-refractivity contribution < 1.29 is 13.9 Å². The zero-order valence-corrected chi connectivity index (χ0v) is 14.1. The van der Waals surface area contributed by atoms with Crippen LogP contribution in [-0.4, -0.2) is 44.9 Å². The molecule has 0 spiro atoms. The van der Waals surface area contributed by atoms with Crippen LogP contribution in [0.4, 0.5) is 4.39 Å². The van der Waals surface area contributed by atoms with Crippen molar-refractivity contribution in [1.82, 2.24) is 24.5 Å². The maximum Gasteiger partial charge on any atom is 0.250 e. The van der Waals surface area contributed by atoms with Crippen molar-refractivity contribution in [2.24, 2.45) is 7.05 Å². The highest BCUT2D eigenvalue weighted by molar-refractivity contribution is 5.64. The Bertz CT molecular complexity index is 918. The van der Waals surface area contributed by atoms with Crippen LogP contribution in [0.3, 0.4) is 0 Å². The van der Waals surface area contributed by atoms with Crippen molar-refractivity contribution in [1.29, 1.82) is 0 Å². The molecule has 0 radical (unpaired) electrons. The fraction of sp³-hybridized carbons (Fsp3) is 0.353. The quantitative estimate of drug-likeness (QED) is 0.727. The van der Waals surface area contributed by atoms with Crippen molar-refractivity contribution in [3.05, 3.63) is 41.7 Å². The van der Waals surface area contributed by atoms with Crippen LogP contribution in [0, 0.1) is 5.82 Å². The molecule has 1 aliphatic rings. The van der Waals surface area contributed by atoms with Gasteiger partial charge in [0.25, 0.3) is 0 Å². The van der Waals surface area contributed by atoms with Gasteiger partial charge in [0.1, 0.15) is 0 Å². The van der Waals surface area contributed by atoms with Gasteiger partial charge in [0.15, 0.2) is 5.82 Å². The van der Waals surface area contributed by atoms with E-state index in [4.69, 9.17) is 14.6 Å². The van der Waals surface area contributed by atoms with Crippen molar-refractivity contribution in [2.45, 2.75) is 12.8 Å². The second-order valence-electron chi connectivity index (χ2n) is 5.89. The van der Waals surface area contributed by atoms with Gasteiger partial charge < -0.3 is 9.47 Å². The Balaban J connectivity index is 1.88. The molecule has 0 aromatic carbocycles. The molecule has 0 unspecified atom stereocenters. The van der Waals surface area contributed by atoms with Crippen LogP contribution in [0.15, 0.2) is 24.7 Å². The van der Waals surface area contributed by atoms with Crippen LogP contribution in [-0.2, 0) is 24.6 Å². The number of aromatic nitrogens is 5. The molecule has 0 atom stereocenters. The van der Waals surface area contributed by atoms with E-state index >= 15 is 0 Å². The highest BCUT2D eigenvalue weighted by atomic mass is 19.1. The summed E-state index contributed by atoms with van der Waals surface area (Å²) < 4.78 is 28.1. The van der Waals surface area contributed by atoms with E-state index in [2.05, 4.69) is 10.1 Å². The first kappa shape index (κ1) is 15.8. The molecule has 0 bridgehead atoms. The largest absolute Gasteiger partial charge is 0.479 e. The zero-order valence-electron chi connectivity index (χ0n) is 14.1. The van der Waals surface area contributed by atoms with Crippen LogP contribution in [0.25, 0.3) is 16.9 Å². The lowest BCUT2D eigenvalue weighted by atomic mass is 10.1. The van der Waals surface area contributed by atoms with Gasteiger partial charge in [0, 0.05) is 36.9 Å². The van der Waals surface area contributed by atoms with Crippen molar-refractivity contribution >= 4 is 0 Å². The monoisotopic (exact) mass is 343 g/mol. The number of fused-ring (bicyclic) bond motifs is 1. The lowest BCUT2D eigenvalue weighted by Gasteiger charge is -2.08. The average Bonchev–Trinajstić information content (AvgIpc) is 3.10. The lowest BCUT2D eigenvalue weighted by Crippen LogP contribution is -2.06. The summed E-state index contributed by atoms with van der Waals surface area (Å²) in [6, 6.07) is 1.39. The summed E-state index contributed by atoms with van der Waals surface area (Å²) >= 11 is 0. The topological polar surface area (TPSA) is 67.0 Å². The van der Waals surface area contributed by atoms with Crippen LogP contribution in [0.5, 0.6) is 5.88 Å². The number of ether oxygens (including phenoxy) is 2. The van der Waals surface area contributed by atoms with E-state index in [0.29, 0.717) is 25.3 Å². The number of methoxy groups -OCH3 is 1. The number of nitrogens with zero attached hydrogens (tertiary/aromatic N) is 5. The van der Waals surface area contributed by atoms with Gasteiger partial charge in [0.05, 0.1) is 49.8 Å². The highest BCUT2D eigenvalue weighted by Gasteiger charge is 2.23. The number of hydrogen-bond donors (Lipinski definition) is 0. The molecule has 4 heterocycles. The first-order valence-corrected chi connectivity index (χ1v) is 8.05. The van der Waals surface area contributed by atoms with E-state index in [0.717, 1.165) is 28.9 Å². The van der Waals surface area contributed by atoms with Gasteiger partial charge >= 0.3 is 0 Å². The molecule has 0 aliphatic carbocycles.